The van der Waals surface area contributed by atoms with Crippen LogP contribution in [-0.4, -0.2) is 25.3 Å². The molecule has 0 saturated heterocycles. The second kappa shape index (κ2) is 8.55. The lowest BCUT2D eigenvalue weighted by molar-refractivity contribution is 0.0527. The number of unbranched alkanes of at least 4 members (excludes halogenated alkanes) is 2. The molecule has 4 heteroatoms. The van der Waals surface area contributed by atoms with Gasteiger partial charge in [-0.3, -0.25) is 0 Å². The van der Waals surface area contributed by atoms with Gasteiger partial charge in [-0.25, -0.2) is 4.79 Å². The van der Waals surface area contributed by atoms with E-state index >= 15 is 0 Å². The van der Waals surface area contributed by atoms with Crippen LogP contribution in [0.5, 0.6) is 5.75 Å². The van der Waals surface area contributed by atoms with Crippen molar-refractivity contribution in [2.75, 3.05) is 13.7 Å². The van der Waals surface area contributed by atoms with Crippen LogP contribution in [0.2, 0.25) is 0 Å². The van der Waals surface area contributed by atoms with Crippen molar-refractivity contribution >= 4 is 6.09 Å². The first-order valence-electron chi connectivity index (χ1n) is 7.50. The van der Waals surface area contributed by atoms with E-state index in [4.69, 9.17) is 9.47 Å². The summed E-state index contributed by atoms with van der Waals surface area (Å²) in [6.45, 7) is 6.25. The van der Waals surface area contributed by atoms with Gasteiger partial charge in [0.05, 0.1) is 7.11 Å². The number of carbonyl (C=O) groups excluding carboxylic acids is 1. The van der Waals surface area contributed by atoms with Crippen LogP contribution in [0.4, 0.5) is 4.79 Å². The Bertz CT molecular complexity index is 421. The number of hydrogen-bond acceptors (Lipinski definition) is 3. The third-order valence-corrected chi connectivity index (χ3v) is 2.97. The summed E-state index contributed by atoms with van der Waals surface area (Å²) in [6.07, 6.45) is 3.88. The minimum atomic E-state index is -0.432. The molecule has 21 heavy (non-hydrogen) atoms. The van der Waals surface area contributed by atoms with E-state index in [1.165, 1.54) is 5.56 Å². The molecule has 0 spiro atoms. The van der Waals surface area contributed by atoms with Crippen LogP contribution in [0.1, 0.15) is 45.6 Å². The molecule has 1 rings (SSSR count). The summed E-state index contributed by atoms with van der Waals surface area (Å²) in [4.78, 5) is 11.4. The lowest BCUT2D eigenvalue weighted by Crippen LogP contribution is -2.32. The fraction of sp³-hybridized carbons (Fsp3) is 0.588. The Balaban J connectivity index is 2.07. The van der Waals surface area contributed by atoms with Gasteiger partial charge in [-0.15, -0.1) is 0 Å². The smallest absolute Gasteiger partial charge is 0.407 e. The minimum absolute atomic E-state index is 0.336. The zero-order valence-corrected chi connectivity index (χ0v) is 13.6. The number of nitrogens with one attached hydrogen (secondary N) is 1. The highest BCUT2D eigenvalue weighted by molar-refractivity contribution is 5.67. The normalized spacial score (nSPS) is 11.0. The summed E-state index contributed by atoms with van der Waals surface area (Å²) in [5.41, 5.74) is 0.884. The van der Waals surface area contributed by atoms with E-state index in [0.29, 0.717) is 6.54 Å². The van der Waals surface area contributed by atoms with Crippen LogP contribution in [0.15, 0.2) is 24.3 Å². The molecule has 1 amide bonds. The van der Waals surface area contributed by atoms with Gasteiger partial charge in [-0.1, -0.05) is 18.6 Å². The maximum Gasteiger partial charge on any atom is 0.407 e. The van der Waals surface area contributed by atoms with Crippen molar-refractivity contribution in [1.82, 2.24) is 5.32 Å². The average molecular weight is 293 g/mol. The van der Waals surface area contributed by atoms with E-state index in [9.17, 15) is 4.79 Å². The highest BCUT2D eigenvalue weighted by atomic mass is 16.6. The first-order chi connectivity index (χ1) is 9.90. The van der Waals surface area contributed by atoms with Crippen molar-refractivity contribution in [1.29, 1.82) is 0 Å². The van der Waals surface area contributed by atoms with Crippen molar-refractivity contribution in [3.63, 3.8) is 0 Å². The summed E-state index contributed by atoms with van der Waals surface area (Å²) >= 11 is 0. The van der Waals surface area contributed by atoms with Gasteiger partial charge in [0.15, 0.2) is 0 Å². The molecule has 1 aromatic rings. The van der Waals surface area contributed by atoms with Gasteiger partial charge in [-0.05, 0) is 57.7 Å². The van der Waals surface area contributed by atoms with E-state index in [0.717, 1.165) is 31.4 Å². The van der Waals surface area contributed by atoms with Crippen molar-refractivity contribution in [3.8, 4) is 5.75 Å². The van der Waals surface area contributed by atoms with Crippen molar-refractivity contribution < 1.29 is 14.3 Å². The van der Waals surface area contributed by atoms with Crippen molar-refractivity contribution in [2.45, 2.75) is 52.1 Å². The summed E-state index contributed by atoms with van der Waals surface area (Å²) in [7, 11) is 1.67. The SMILES string of the molecule is COc1ccc(CCCCCNC(=O)OC(C)(C)C)cc1. The maximum atomic E-state index is 11.4. The lowest BCUT2D eigenvalue weighted by Gasteiger charge is -2.19. The van der Waals surface area contributed by atoms with Crippen LogP contribution in [0.3, 0.4) is 0 Å². The number of hydrogen-bond donors (Lipinski definition) is 1. The number of methoxy groups -OCH3 is 1. The number of benzene rings is 1. The third-order valence-electron chi connectivity index (χ3n) is 2.97. The molecule has 0 aliphatic heterocycles. The van der Waals surface area contributed by atoms with Crippen LogP contribution >= 0.6 is 0 Å². The Morgan fingerprint density at radius 3 is 2.33 bits per heavy atom. The first kappa shape index (κ1) is 17.3. The summed E-state index contributed by atoms with van der Waals surface area (Å²) in [5, 5.41) is 2.78. The molecule has 118 valence electrons. The fourth-order valence-corrected chi connectivity index (χ4v) is 1.93. The standard InChI is InChI=1S/C17H27NO3/c1-17(2,3)21-16(19)18-13-7-5-6-8-14-9-11-15(20-4)12-10-14/h9-12H,5-8,13H2,1-4H3,(H,18,19). The molecule has 0 heterocycles. The first-order valence-corrected chi connectivity index (χ1v) is 7.50. The van der Waals surface area contributed by atoms with Gasteiger partial charge in [-0.2, -0.15) is 0 Å². The number of amides is 1. The molecule has 0 aliphatic carbocycles. The van der Waals surface area contributed by atoms with Gasteiger partial charge in [0.25, 0.3) is 0 Å². The predicted molar refractivity (Wildman–Crippen MR) is 84.8 cm³/mol. The fourth-order valence-electron chi connectivity index (χ4n) is 1.93. The summed E-state index contributed by atoms with van der Waals surface area (Å²) < 4.78 is 10.3. The Morgan fingerprint density at radius 2 is 1.76 bits per heavy atom. The van der Waals surface area contributed by atoms with Gasteiger partial charge >= 0.3 is 6.09 Å². The second-order valence-corrected chi connectivity index (χ2v) is 6.09. The van der Waals surface area contributed by atoms with E-state index < -0.39 is 5.60 Å². The summed E-state index contributed by atoms with van der Waals surface area (Å²) in [5.74, 6) is 0.889. The Hall–Kier alpha value is -1.71. The molecule has 4 nitrogen and oxygen atoms in total. The second-order valence-electron chi connectivity index (χ2n) is 6.09. The zero-order chi connectivity index (χ0) is 15.7. The van der Waals surface area contributed by atoms with E-state index in [2.05, 4.69) is 17.4 Å². The molecule has 1 aromatic carbocycles. The molecule has 0 aromatic heterocycles. The van der Waals surface area contributed by atoms with Crippen LogP contribution in [-0.2, 0) is 11.2 Å². The quantitative estimate of drug-likeness (QED) is 0.775. The largest absolute Gasteiger partial charge is 0.497 e. The molecule has 0 bridgehead atoms. The lowest BCUT2D eigenvalue weighted by atomic mass is 10.1. The third kappa shape index (κ3) is 8.23. The Morgan fingerprint density at radius 1 is 1.10 bits per heavy atom. The molecule has 0 atom stereocenters. The predicted octanol–water partition coefficient (Wildman–Crippen LogP) is 3.93. The van der Waals surface area contributed by atoms with Crippen LogP contribution in [0.25, 0.3) is 0 Å². The Kier molecular flexibility index (Phi) is 7.06. The minimum Gasteiger partial charge on any atom is -0.497 e. The van der Waals surface area contributed by atoms with Gasteiger partial charge in [0.2, 0.25) is 0 Å². The Labute approximate surface area is 127 Å². The zero-order valence-electron chi connectivity index (χ0n) is 13.6. The van der Waals surface area contributed by atoms with Crippen molar-refractivity contribution in [2.24, 2.45) is 0 Å². The van der Waals surface area contributed by atoms with Gasteiger partial charge in [0, 0.05) is 6.54 Å². The number of rotatable bonds is 7. The highest BCUT2D eigenvalue weighted by Crippen LogP contribution is 2.13. The number of ether oxygens (including phenoxy) is 2. The maximum absolute atomic E-state index is 11.4. The van der Waals surface area contributed by atoms with E-state index in [-0.39, 0.29) is 6.09 Å². The summed E-state index contributed by atoms with van der Waals surface area (Å²) in [6, 6.07) is 8.16. The van der Waals surface area contributed by atoms with Gasteiger partial charge in [0.1, 0.15) is 11.4 Å². The topological polar surface area (TPSA) is 47.6 Å². The highest BCUT2D eigenvalue weighted by Gasteiger charge is 2.15. The van der Waals surface area contributed by atoms with Crippen LogP contribution < -0.4 is 10.1 Å². The van der Waals surface area contributed by atoms with E-state index in [1.54, 1.807) is 7.11 Å². The molecular weight excluding hydrogens is 266 g/mol. The van der Waals surface area contributed by atoms with E-state index in [1.807, 2.05) is 32.9 Å². The molecule has 0 unspecified atom stereocenters. The van der Waals surface area contributed by atoms with Crippen LogP contribution in [0, 0.1) is 0 Å². The molecular formula is C17H27NO3. The number of carbonyl (C=O) groups is 1. The molecule has 0 fully saturated rings. The molecule has 1 N–H and O–H groups in total. The monoisotopic (exact) mass is 293 g/mol. The molecule has 0 saturated carbocycles. The average Bonchev–Trinajstić information content (AvgIpc) is 2.41. The number of aryl methyl sites for hydroxylation is 1. The van der Waals surface area contributed by atoms with Crippen molar-refractivity contribution in [3.05, 3.63) is 29.8 Å². The number of alkyl carbamates (subject to hydrolysis) is 1. The molecule has 0 aliphatic rings. The molecule has 0 radical (unpaired) electrons. The van der Waals surface area contributed by atoms with Gasteiger partial charge < -0.3 is 14.8 Å².